The van der Waals surface area contributed by atoms with E-state index in [4.69, 9.17) is 6.42 Å². The van der Waals surface area contributed by atoms with Crippen LogP contribution in [-0.4, -0.2) is 6.54 Å². The first-order chi connectivity index (χ1) is 5.77. The molecule has 1 unspecified atom stereocenters. The highest BCUT2D eigenvalue weighted by Crippen LogP contribution is 2.19. The SMILES string of the molecule is C#CC(NCC)c1csc(C)c1. The third-order valence-corrected chi connectivity index (χ3v) is 2.54. The lowest BCUT2D eigenvalue weighted by Gasteiger charge is -2.08. The largest absolute Gasteiger partial charge is 0.300 e. The van der Waals surface area contributed by atoms with Crippen molar-refractivity contribution in [2.45, 2.75) is 19.9 Å². The van der Waals surface area contributed by atoms with Gasteiger partial charge in [0.25, 0.3) is 0 Å². The molecule has 1 rings (SSSR count). The van der Waals surface area contributed by atoms with Crippen LogP contribution < -0.4 is 5.32 Å². The van der Waals surface area contributed by atoms with E-state index in [9.17, 15) is 0 Å². The number of nitrogens with one attached hydrogen (secondary N) is 1. The van der Waals surface area contributed by atoms with Crippen molar-refractivity contribution in [3.63, 3.8) is 0 Å². The van der Waals surface area contributed by atoms with Gasteiger partial charge in [-0.05, 0) is 30.5 Å². The molecule has 2 heteroatoms. The topological polar surface area (TPSA) is 12.0 Å². The van der Waals surface area contributed by atoms with E-state index in [0.717, 1.165) is 6.54 Å². The van der Waals surface area contributed by atoms with Crippen molar-refractivity contribution in [1.29, 1.82) is 0 Å². The molecule has 0 bridgehead atoms. The van der Waals surface area contributed by atoms with Crippen LogP contribution in [-0.2, 0) is 0 Å². The zero-order valence-corrected chi connectivity index (χ0v) is 8.24. The number of hydrogen-bond donors (Lipinski definition) is 1. The molecule has 0 saturated heterocycles. The maximum atomic E-state index is 5.39. The molecule has 0 radical (unpaired) electrons. The van der Waals surface area contributed by atoms with E-state index in [1.165, 1.54) is 10.4 Å². The molecule has 0 saturated carbocycles. The van der Waals surface area contributed by atoms with Crippen molar-refractivity contribution in [3.8, 4) is 12.3 Å². The molecule has 0 spiro atoms. The molecule has 0 fully saturated rings. The van der Waals surface area contributed by atoms with Gasteiger partial charge in [0.05, 0.1) is 6.04 Å². The zero-order chi connectivity index (χ0) is 8.97. The molecule has 1 nitrogen and oxygen atoms in total. The Morgan fingerprint density at radius 2 is 2.50 bits per heavy atom. The molecule has 0 aromatic carbocycles. The van der Waals surface area contributed by atoms with Crippen LogP contribution in [0.4, 0.5) is 0 Å². The standard InChI is InChI=1S/C10H13NS/c1-4-10(11-5-2)9-6-8(3)12-7-9/h1,6-7,10-11H,5H2,2-3H3. The summed E-state index contributed by atoms with van der Waals surface area (Å²) in [5.41, 5.74) is 1.21. The summed E-state index contributed by atoms with van der Waals surface area (Å²) in [6.07, 6.45) is 5.39. The predicted octanol–water partition coefficient (Wildman–Crippen LogP) is 2.34. The van der Waals surface area contributed by atoms with Gasteiger partial charge in [0.15, 0.2) is 0 Å². The lowest BCUT2D eigenvalue weighted by Crippen LogP contribution is -2.18. The van der Waals surface area contributed by atoms with E-state index in [-0.39, 0.29) is 6.04 Å². The zero-order valence-electron chi connectivity index (χ0n) is 7.42. The Morgan fingerprint density at radius 3 is 2.92 bits per heavy atom. The minimum atomic E-state index is 0.0833. The summed E-state index contributed by atoms with van der Waals surface area (Å²) in [6, 6.07) is 2.22. The van der Waals surface area contributed by atoms with Gasteiger partial charge in [0.1, 0.15) is 0 Å². The van der Waals surface area contributed by atoms with Crippen molar-refractivity contribution in [1.82, 2.24) is 5.32 Å². The van der Waals surface area contributed by atoms with E-state index in [1.807, 2.05) is 0 Å². The number of rotatable bonds is 3. The molecule has 1 aromatic heterocycles. The van der Waals surface area contributed by atoms with Crippen LogP contribution in [0.5, 0.6) is 0 Å². The summed E-state index contributed by atoms with van der Waals surface area (Å²) in [7, 11) is 0. The van der Waals surface area contributed by atoms with Gasteiger partial charge in [-0.2, -0.15) is 0 Å². The molecule has 64 valence electrons. The van der Waals surface area contributed by atoms with Crippen molar-refractivity contribution in [3.05, 3.63) is 21.9 Å². The highest BCUT2D eigenvalue weighted by atomic mass is 32.1. The molecule has 1 heterocycles. The molecule has 0 aliphatic rings. The van der Waals surface area contributed by atoms with Gasteiger partial charge in [0.2, 0.25) is 0 Å². The van der Waals surface area contributed by atoms with Gasteiger partial charge in [0, 0.05) is 4.88 Å². The van der Waals surface area contributed by atoms with Gasteiger partial charge >= 0.3 is 0 Å². The molecule has 1 aromatic rings. The monoisotopic (exact) mass is 179 g/mol. The van der Waals surface area contributed by atoms with Gasteiger partial charge < -0.3 is 5.32 Å². The number of thiophene rings is 1. The molecule has 0 amide bonds. The van der Waals surface area contributed by atoms with Crippen LogP contribution in [0.25, 0.3) is 0 Å². The number of terminal acetylenes is 1. The highest BCUT2D eigenvalue weighted by Gasteiger charge is 2.06. The molecule has 1 atom stereocenters. The average Bonchev–Trinajstić information content (AvgIpc) is 2.47. The van der Waals surface area contributed by atoms with Crippen molar-refractivity contribution >= 4 is 11.3 Å². The highest BCUT2D eigenvalue weighted by molar-refractivity contribution is 7.10. The fourth-order valence-corrected chi connectivity index (χ4v) is 1.82. The average molecular weight is 179 g/mol. The second-order valence-corrected chi connectivity index (χ2v) is 3.76. The van der Waals surface area contributed by atoms with Gasteiger partial charge in [-0.15, -0.1) is 17.8 Å². The molecule has 12 heavy (non-hydrogen) atoms. The Balaban J connectivity index is 2.74. The fraction of sp³-hybridized carbons (Fsp3) is 0.400. The molecule has 1 N–H and O–H groups in total. The summed E-state index contributed by atoms with van der Waals surface area (Å²) in [5.74, 6) is 2.73. The third kappa shape index (κ3) is 2.10. The third-order valence-electron chi connectivity index (χ3n) is 1.66. The Morgan fingerprint density at radius 1 is 1.75 bits per heavy atom. The van der Waals surface area contributed by atoms with E-state index >= 15 is 0 Å². The first-order valence-corrected chi connectivity index (χ1v) is 4.90. The van der Waals surface area contributed by atoms with Gasteiger partial charge in [-0.3, -0.25) is 0 Å². The van der Waals surface area contributed by atoms with Crippen LogP contribution in [0, 0.1) is 19.3 Å². The Bertz CT molecular complexity index is 282. The first-order valence-electron chi connectivity index (χ1n) is 4.02. The van der Waals surface area contributed by atoms with E-state index in [1.54, 1.807) is 11.3 Å². The number of hydrogen-bond acceptors (Lipinski definition) is 2. The van der Waals surface area contributed by atoms with Crippen LogP contribution in [0.15, 0.2) is 11.4 Å². The van der Waals surface area contributed by atoms with Crippen LogP contribution in [0.1, 0.15) is 23.4 Å². The minimum Gasteiger partial charge on any atom is -0.300 e. The molecular formula is C10H13NS. The normalized spacial score (nSPS) is 12.4. The molecule has 0 aliphatic heterocycles. The molecule has 0 aliphatic carbocycles. The smallest absolute Gasteiger partial charge is 0.0951 e. The van der Waals surface area contributed by atoms with E-state index < -0.39 is 0 Å². The summed E-state index contributed by atoms with van der Waals surface area (Å²) < 4.78 is 0. The van der Waals surface area contributed by atoms with Gasteiger partial charge in [-0.1, -0.05) is 12.8 Å². The maximum absolute atomic E-state index is 5.39. The van der Waals surface area contributed by atoms with Crippen LogP contribution >= 0.6 is 11.3 Å². The van der Waals surface area contributed by atoms with Crippen LogP contribution in [0.2, 0.25) is 0 Å². The first kappa shape index (κ1) is 9.31. The Labute approximate surface area is 77.8 Å². The van der Waals surface area contributed by atoms with Crippen molar-refractivity contribution in [2.24, 2.45) is 0 Å². The maximum Gasteiger partial charge on any atom is 0.0951 e. The lowest BCUT2D eigenvalue weighted by molar-refractivity contribution is 0.666. The van der Waals surface area contributed by atoms with E-state index in [2.05, 4.69) is 36.5 Å². The van der Waals surface area contributed by atoms with Crippen molar-refractivity contribution in [2.75, 3.05) is 6.54 Å². The Hall–Kier alpha value is -0.780. The second-order valence-electron chi connectivity index (χ2n) is 2.65. The minimum absolute atomic E-state index is 0.0833. The molecular weight excluding hydrogens is 166 g/mol. The van der Waals surface area contributed by atoms with Gasteiger partial charge in [-0.25, -0.2) is 0 Å². The lowest BCUT2D eigenvalue weighted by atomic mass is 10.1. The summed E-state index contributed by atoms with van der Waals surface area (Å²) in [6.45, 7) is 5.06. The quantitative estimate of drug-likeness (QED) is 0.702. The summed E-state index contributed by atoms with van der Waals surface area (Å²) >= 11 is 1.74. The van der Waals surface area contributed by atoms with Crippen molar-refractivity contribution < 1.29 is 0 Å². The van der Waals surface area contributed by atoms with Crippen LogP contribution in [0.3, 0.4) is 0 Å². The summed E-state index contributed by atoms with van der Waals surface area (Å²) in [4.78, 5) is 1.31. The summed E-state index contributed by atoms with van der Waals surface area (Å²) in [5, 5.41) is 5.35. The van der Waals surface area contributed by atoms with E-state index in [0.29, 0.717) is 0 Å². The predicted molar refractivity (Wildman–Crippen MR) is 54.3 cm³/mol. The number of aryl methyl sites for hydroxylation is 1. The fourth-order valence-electron chi connectivity index (χ4n) is 1.09. The second kappa shape index (κ2) is 4.30. The Kier molecular flexibility index (Phi) is 3.33.